The first-order valence-corrected chi connectivity index (χ1v) is 34.6. The van der Waals surface area contributed by atoms with Gasteiger partial charge in [0.05, 0.1) is 28.1 Å². The molecule has 0 bridgehead atoms. The summed E-state index contributed by atoms with van der Waals surface area (Å²) >= 11 is 0. The molecule has 3 aliphatic heterocycles. The molecule has 0 unspecified atom stereocenters. The summed E-state index contributed by atoms with van der Waals surface area (Å²) in [6.45, 7) is 7.32. The molecule has 0 aliphatic carbocycles. The number of hydrogen-bond donors (Lipinski definition) is 0. The molecule has 2 aromatic heterocycles. The SMILES string of the molecule is CC(C)(C)c1ccnc(-n2c3ccccc3c3ccc(Oc4ccc5c(c4)N4CN(c6c(-c7cc(-c8ccccc8)cc(-c8ccccc8)c7)cccc6-c6cc(-c7ccccc7)cc(-c7ccccc7)c6)c6cccc(c64)[Si]54c5ccccc5-c5ccccc54)cc32)c1. The summed E-state index contributed by atoms with van der Waals surface area (Å²) in [5.41, 5.74) is 24.6. The quantitative estimate of drug-likeness (QED) is 0.128. The molecular weight excluding hydrogens is 1160 g/mol. The summed E-state index contributed by atoms with van der Waals surface area (Å²) in [7, 11) is -3.07. The summed E-state index contributed by atoms with van der Waals surface area (Å²) in [5, 5.41) is 7.89. The van der Waals surface area contributed by atoms with E-state index in [0.717, 1.165) is 89.6 Å². The van der Waals surface area contributed by atoms with Crippen LogP contribution in [0.5, 0.6) is 11.5 Å². The van der Waals surface area contributed by atoms with Gasteiger partial charge in [0.1, 0.15) is 24.0 Å². The Bertz CT molecular complexity index is 5190. The molecule has 13 aromatic carbocycles. The normalized spacial score (nSPS) is 13.3. The molecule has 5 heterocycles. The number of pyridine rings is 1. The van der Waals surface area contributed by atoms with Gasteiger partial charge in [0.25, 0.3) is 0 Å². The summed E-state index contributed by atoms with van der Waals surface area (Å²) in [4.78, 5) is 10.3. The highest BCUT2D eigenvalue weighted by atomic mass is 28.3. The molecule has 446 valence electrons. The Balaban J connectivity index is 0.871. The molecule has 0 fully saturated rings. The van der Waals surface area contributed by atoms with Crippen LogP contribution in [0.15, 0.2) is 322 Å². The van der Waals surface area contributed by atoms with Crippen molar-refractivity contribution in [2.24, 2.45) is 0 Å². The van der Waals surface area contributed by atoms with E-state index in [0.29, 0.717) is 6.67 Å². The van der Waals surface area contributed by atoms with E-state index in [1.807, 2.05) is 6.20 Å². The van der Waals surface area contributed by atoms with Gasteiger partial charge >= 0.3 is 0 Å². The van der Waals surface area contributed by atoms with Gasteiger partial charge in [-0.2, -0.15) is 0 Å². The molecule has 0 radical (unpaired) electrons. The van der Waals surface area contributed by atoms with Crippen molar-refractivity contribution in [3.05, 3.63) is 327 Å². The van der Waals surface area contributed by atoms with Crippen LogP contribution >= 0.6 is 0 Å². The highest BCUT2D eigenvalue weighted by Crippen LogP contribution is 2.54. The lowest BCUT2D eigenvalue weighted by Gasteiger charge is -2.41. The Labute approximate surface area is 549 Å². The van der Waals surface area contributed by atoms with Crippen LogP contribution in [-0.2, 0) is 5.41 Å². The van der Waals surface area contributed by atoms with E-state index in [4.69, 9.17) is 9.72 Å². The Morgan fingerprint density at radius 3 is 1.36 bits per heavy atom. The number of hydrogen-bond acceptors (Lipinski definition) is 4. The van der Waals surface area contributed by atoms with Crippen LogP contribution in [-0.4, -0.2) is 24.3 Å². The fourth-order valence-corrected chi connectivity index (χ4v) is 21.1. The minimum absolute atomic E-state index is 0.0528. The van der Waals surface area contributed by atoms with Gasteiger partial charge in [-0.25, -0.2) is 4.98 Å². The predicted octanol–water partition coefficient (Wildman–Crippen LogP) is 20.2. The van der Waals surface area contributed by atoms with E-state index in [1.165, 1.54) is 76.5 Å². The highest BCUT2D eigenvalue weighted by molar-refractivity contribution is 7.23. The molecule has 0 saturated carbocycles. The third-order valence-corrected chi connectivity index (χ3v) is 24.8. The second kappa shape index (κ2) is 21.8. The van der Waals surface area contributed by atoms with Crippen molar-refractivity contribution in [3.8, 4) is 95.2 Å². The standard InChI is InChI=1S/C88H64N4OSi/c1-88(2,3)68-46-47-89-85(54-68)92-77-37-19-16-32-73(77)74-44-42-69(55-79(74)92)93-70-43-45-83-80(56-70)91-57-90(78-38-23-41-84(87(78)91)94(83)81-39-20-17-33-75(81)76-34-18-21-40-82(76)94)86-71(66-50-62(58-24-8-4-9-25-58)48-63(51-66)59-26-10-5-11-27-59)35-22-36-72(86)67-52-64(60-28-12-6-13-29-60)49-65(53-67)61-30-14-7-15-31-61/h4-56H,57H2,1-3H3. The maximum atomic E-state index is 7.30. The summed E-state index contributed by atoms with van der Waals surface area (Å²) in [6, 6.07) is 117. The van der Waals surface area contributed by atoms with Crippen LogP contribution in [0, 0.1) is 0 Å². The van der Waals surface area contributed by atoms with Crippen molar-refractivity contribution in [2.75, 3.05) is 16.5 Å². The predicted molar refractivity (Wildman–Crippen MR) is 395 cm³/mol. The zero-order chi connectivity index (χ0) is 62.7. The smallest absolute Gasteiger partial charge is 0.185 e. The molecule has 0 N–H and O–H groups in total. The van der Waals surface area contributed by atoms with Gasteiger partial charge in [-0.1, -0.05) is 245 Å². The first kappa shape index (κ1) is 55.3. The highest BCUT2D eigenvalue weighted by Gasteiger charge is 2.56. The van der Waals surface area contributed by atoms with Crippen LogP contribution in [0.2, 0.25) is 0 Å². The lowest BCUT2D eigenvalue weighted by atomic mass is 9.88. The van der Waals surface area contributed by atoms with Crippen molar-refractivity contribution in [3.63, 3.8) is 0 Å². The van der Waals surface area contributed by atoms with Crippen LogP contribution < -0.4 is 35.3 Å². The van der Waals surface area contributed by atoms with E-state index in [1.54, 1.807) is 0 Å². The molecule has 5 nitrogen and oxygen atoms in total. The zero-order valence-electron chi connectivity index (χ0n) is 52.5. The van der Waals surface area contributed by atoms with Crippen molar-refractivity contribution in [1.82, 2.24) is 9.55 Å². The average Bonchev–Trinajstić information content (AvgIpc) is 1.48. The lowest BCUT2D eigenvalue weighted by Crippen LogP contribution is -2.75. The van der Waals surface area contributed by atoms with Gasteiger partial charge in [-0.15, -0.1) is 0 Å². The molecule has 3 aliphatic rings. The monoisotopic (exact) mass is 1220 g/mol. The Hall–Kier alpha value is -11.6. The molecule has 0 saturated heterocycles. The van der Waals surface area contributed by atoms with Gasteiger partial charge in [0.15, 0.2) is 8.07 Å². The van der Waals surface area contributed by atoms with Crippen molar-refractivity contribution >= 4 is 73.4 Å². The first-order chi connectivity index (χ1) is 46.2. The Kier molecular flexibility index (Phi) is 12.8. The molecule has 1 spiro atoms. The van der Waals surface area contributed by atoms with E-state index >= 15 is 0 Å². The van der Waals surface area contributed by atoms with Gasteiger partial charge in [-0.3, -0.25) is 4.57 Å². The van der Waals surface area contributed by atoms with E-state index in [2.05, 4.69) is 351 Å². The van der Waals surface area contributed by atoms with Crippen molar-refractivity contribution in [2.45, 2.75) is 26.2 Å². The number of nitrogens with zero attached hydrogens (tertiary/aromatic N) is 4. The lowest BCUT2D eigenvalue weighted by molar-refractivity contribution is 0.483. The minimum atomic E-state index is -3.07. The van der Waals surface area contributed by atoms with Gasteiger partial charge < -0.3 is 14.5 Å². The Morgan fingerprint density at radius 2 is 0.787 bits per heavy atom. The number of anilines is 4. The van der Waals surface area contributed by atoms with Gasteiger partial charge in [0, 0.05) is 45.9 Å². The number of ether oxygens (including phenoxy) is 1. The summed E-state index contributed by atoms with van der Waals surface area (Å²) < 4.78 is 9.60. The first-order valence-electron chi connectivity index (χ1n) is 32.6. The van der Waals surface area contributed by atoms with E-state index in [-0.39, 0.29) is 5.41 Å². The van der Waals surface area contributed by atoms with Crippen molar-refractivity contribution in [1.29, 1.82) is 0 Å². The number of rotatable bonds is 10. The summed E-state index contributed by atoms with van der Waals surface area (Å²) in [6.07, 6.45) is 1.94. The largest absolute Gasteiger partial charge is 0.457 e. The second-order valence-electron chi connectivity index (χ2n) is 26.2. The molecule has 18 rings (SSSR count). The number of aromatic nitrogens is 2. The molecular formula is C88H64N4OSi. The van der Waals surface area contributed by atoms with Crippen LogP contribution in [0.25, 0.3) is 106 Å². The third-order valence-electron chi connectivity index (χ3n) is 19.8. The number of benzene rings is 13. The summed E-state index contributed by atoms with van der Waals surface area (Å²) in [5.74, 6) is 2.41. The number of fused-ring (bicyclic) bond motifs is 12. The molecule has 6 heteroatoms. The molecule has 15 aromatic rings. The fourth-order valence-electron chi connectivity index (χ4n) is 15.5. The fraction of sp³-hybridized carbons (Fsp3) is 0.0568. The topological polar surface area (TPSA) is 33.5 Å². The molecule has 0 atom stereocenters. The zero-order valence-corrected chi connectivity index (χ0v) is 53.5. The second-order valence-corrected chi connectivity index (χ2v) is 29.9. The minimum Gasteiger partial charge on any atom is -0.457 e. The Morgan fingerprint density at radius 1 is 0.330 bits per heavy atom. The van der Waals surface area contributed by atoms with E-state index in [9.17, 15) is 0 Å². The van der Waals surface area contributed by atoms with Gasteiger partial charge in [-0.05, 0) is 177 Å². The maximum Gasteiger partial charge on any atom is 0.185 e. The molecule has 94 heavy (non-hydrogen) atoms. The van der Waals surface area contributed by atoms with E-state index < -0.39 is 8.07 Å². The molecule has 0 amide bonds. The van der Waals surface area contributed by atoms with Crippen LogP contribution in [0.3, 0.4) is 0 Å². The maximum absolute atomic E-state index is 7.30. The number of para-hydroxylation sites is 3. The van der Waals surface area contributed by atoms with Crippen LogP contribution in [0.4, 0.5) is 22.7 Å². The van der Waals surface area contributed by atoms with Crippen molar-refractivity contribution < 1.29 is 4.74 Å². The third kappa shape index (κ3) is 8.85. The van der Waals surface area contributed by atoms with Crippen LogP contribution in [0.1, 0.15) is 26.3 Å². The van der Waals surface area contributed by atoms with Gasteiger partial charge in [0.2, 0.25) is 0 Å². The average molecular weight is 1220 g/mol.